The maximum absolute atomic E-state index is 13.4. The number of rotatable bonds is 9. The Kier molecular flexibility index (Phi) is 8.19. The molecule has 24 heavy (non-hydrogen) atoms. The normalized spacial score (nSPS) is 10.6. The van der Waals surface area contributed by atoms with Crippen LogP contribution in [0.25, 0.3) is 0 Å². The van der Waals surface area contributed by atoms with Crippen LogP contribution < -0.4 is 5.32 Å². The van der Waals surface area contributed by atoms with Crippen molar-refractivity contribution in [2.75, 3.05) is 18.1 Å². The van der Waals surface area contributed by atoms with Crippen molar-refractivity contribution in [1.82, 2.24) is 5.32 Å². The van der Waals surface area contributed by atoms with Gasteiger partial charge in [-0.25, -0.2) is 4.39 Å². The summed E-state index contributed by atoms with van der Waals surface area (Å²) < 4.78 is 13.4. The number of hydrogen-bond acceptors (Lipinski definition) is 3. The Labute approximate surface area is 151 Å². The van der Waals surface area contributed by atoms with Crippen molar-refractivity contribution in [2.45, 2.75) is 18.4 Å². The molecule has 0 atom stereocenters. The highest BCUT2D eigenvalue weighted by Gasteiger charge is 2.03. The number of carbonyl (C=O) groups is 1. The number of halogens is 1. The van der Waals surface area contributed by atoms with Gasteiger partial charge >= 0.3 is 0 Å². The van der Waals surface area contributed by atoms with Crippen LogP contribution in [-0.2, 0) is 16.3 Å². The van der Waals surface area contributed by atoms with Gasteiger partial charge in [0.25, 0.3) is 0 Å². The smallest absolute Gasteiger partial charge is 0.230 e. The van der Waals surface area contributed by atoms with Crippen LogP contribution in [0.15, 0.2) is 48.5 Å². The first-order chi connectivity index (χ1) is 11.6. The number of nitrogens with one attached hydrogen (secondary N) is 1. The first kappa shape index (κ1) is 18.9. The lowest BCUT2D eigenvalue weighted by molar-refractivity contribution is -0.118. The maximum Gasteiger partial charge on any atom is 0.230 e. The second kappa shape index (κ2) is 10.4. The largest absolute Gasteiger partial charge is 0.355 e. The molecule has 2 nitrogen and oxygen atoms in total. The number of thioether (sulfide) groups is 2. The monoisotopic (exact) mass is 363 g/mol. The third-order valence-electron chi connectivity index (χ3n) is 3.41. The summed E-state index contributed by atoms with van der Waals surface area (Å²) in [7, 11) is 0. The van der Waals surface area contributed by atoms with Crippen molar-refractivity contribution in [3.63, 3.8) is 0 Å². The summed E-state index contributed by atoms with van der Waals surface area (Å²) in [5, 5.41) is 2.90. The molecule has 0 aliphatic carbocycles. The fourth-order valence-electron chi connectivity index (χ4n) is 2.06. The van der Waals surface area contributed by atoms with E-state index in [2.05, 4.69) is 36.5 Å². The average molecular weight is 364 g/mol. The van der Waals surface area contributed by atoms with Gasteiger partial charge in [0, 0.05) is 23.8 Å². The van der Waals surface area contributed by atoms with Crippen LogP contribution in [0, 0.1) is 12.7 Å². The first-order valence-corrected chi connectivity index (χ1v) is 10.2. The third kappa shape index (κ3) is 6.97. The van der Waals surface area contributed by atoms with Crippen LogP contribution in [0.3, 0.4) is 0 Å². The van der Waals surface area contributed by atoms with Crippen LogP contribution in [0.4, 0.5) is 4.39 Å². The highest BCUT2D eigenvalue weighted by molar-refractivity contribution is 7.99. The van der Waals surface area contributed by atoms with Crippen molar-refractivity contribution >= 4 is 29.4 Å². The molecule has 0 saturated heterocycles. The molecular formula is C19H22FNOS2. The van der Waals surface area contributed by atoms with Crippen LogP contribution in [0.2, 0.25) is 0 Å². The van der Waals surface area contributed by atoms with Gasteiger partial charge in [0.1, 0.15) is 5.82 Å². The Bertz CT molecular complexity index is 646. The molecule has 1 amide bonds. The van der Waals surface area contributed by atoms with Crippen molar-refractivity contribution in [1.29, 1.82) is 0 Å². The summed E-state index contributed by atoms with van der Waals surface area (Å²) in [5.74, 6) is 2.61. The predicted molar refractivity (Wildman–Crippen MR) is 103 cm³/mol. The molecule has 0 unspecified atom stereocenters. The van der Waals surface area contributed by atoms with Gasteiger partial charge in [0.15, 0.2) is 0 Å². The minimum atomic E-state index is -0.165. The molecule has 0 aliphatic heterocycles. The van der Waals surface area contributed by atoms with E-state index in [-0.39, 0.29) is 11.7 Å². The first-order valence-electron chi connectivity index (χ1n) is 7.86. The Morgan fingerprint density at radius 1 is 1.04 bits per heavy atom. The summed E-state index contributed by atoms with van der Waals surface area (Å²) in [6, 6.07) is 15.2. The lowest BCUT2D eigenvalue weighted by atomic mass is 10.2. The van der Waals surface area contributed by atoms with Crippen molar-refractivity contribution in [2.24, 2.45) is 0 Å². The molecule has 0 spiro atoms. The minimum absolute atomic E-state index is 0.0543. The van der Waals surface area contributed by atoms with Crippen LogP contribution in [-0.4, -0.2) is 24.0 Å². The van der Waals surface area contributed by atoms with Crippen LogP contribution >= 0.6 is 23.5 Å². The zero-order chi connectivity index (χ0) is 17.2. The van der Waals surface area contributed by atoms with E-state index in [4.69, 9.17) is 0 Å². The molecule has 2 rings (SSSR count). The lowest BCUT2D eigenvalue weighted by Gasteiger charge is -2.06. The Hall–Kier alpha value is -1.46. The second-order valence-corrected chi connectivity index (χ2v) is 7.56. The molecule has 0 fully saturated rings. The number of benzene rings is 2. The summed E-state index contributed by atoms with van der Waals surface area (Å²) in [6.45, 7) is 2.68. The number of hydrogen-bond donors (Lipinski definition) is 1. The summed E-state index contributed by atoms with van der Waals surface area (Å²) in [6.07, 6.45) is 0. The Morgan fingerprint density at radius 2 is 1.79 bits per heavy atom. The highest BCUT2D eigenvalue weighted by Crippen LogP contribution is 2.15. The maximum atomic E-state index is 13.4. The Balaban J connectivity index is 1.53. The molecule has 0 radical (unpaired) electrons. The highest BCUT2D eigenvalue weighted by atomic mass is 32.2. The molecule has 2 aromatic carbocycles. The van der Waals surface area contributed by atoms with Gasteiger partial charge in [0.2, 0.25) is 5.91 Å². The fraction of sp³-hybridized carbons (Fsp3) is 0.316. The van der Waals surface area contributed by atoms with Gasteiger partial charge in [-0.05, 0) is 24.1 Å². The molecule has 1 N–H and O–H groups in total. The predicted octanol–water partition coefficient (Wildman–Crippen LogP) is 4.42. The summed E-state index contributed by atoms with van der Waals surface area (Å²) in [5.41, 5.74) is 3.19. The summed E-state index contributed by atoms with van der Waals surface area (Å²) >= 11 is 3.24. The van der Waals surface area contributed by atoms with E-state index in [1.807, 2.05) is 6.07 Å². The average Bonchev–Trinajstić information content (AvgIpc) is 2.58. The Morgan fingerprint density at radius 3 is 2.54 bits per heavy atom. The van der Waals surface area contributed by atoms with Crippen LogP contribution in [0.5, 0.6) is 0 Å². The summed E-state index contributed by atoms with van der Waals surface area (Å²) in [4.78, 5) is 11.8. The molecule has 5 heteroatoms. The van der Waals surface area contributed by atoms with Crippen molar-refractivity contribution < 1.29 is 9.18 Å². The topological polar surface area (TPSA) is 29.1 Å². The van der Waals surface area contributed by atoms with E-state index < -0.39 is 0 Å². The molecule has 0 aliphatic rings. The van der Waals surface area contributed by atoms with E-state index in [9.17, 15) is 9.18 Å². The number of carbonyl (C=O) groups excluding carboxylic acids is 1. The van der Waals surface area contributed by atoms with Crippen LogP contribution in [0.1, 0.15) is 16.7 Å². The van der Waals surface area contributed by atoms with Gasteiger partial charge in [-0.3, -0.25) is 4.79 Å². The molecule has 2 aromatic rings. The second-order valence-electron chi connectivity index (χ2n) is 5.47. The van der Waals surface area contributed by atoms with Crippen molar-refractivity contribution in [3.05, 3.63) is 71.0 Å². The fourth-order valence-corrected chi connectivity index (χ4v) is 3.72. The molecule has 128 valence electrons. The minimum Gasteiger partial charge on any atom is -0.355 e. The van der Waals surface area contributed by atoms with Gasteiger partial charge in [0.05, 0.1) is 5.75 Å². The zero-order valence-electron chi connectivity index (χ0n) is 13.8. The van der Waals surface area contributed by atoms with Gasteiger partial charge in [-0.2, -0.15) is 11.8 Å². The van der Waals surface area contributed by atoms with Crippen molar-refractivity contribution in [3.8, 4) is 0 Å². The van der Waals surface area contributed by atoms with E-state index in [0.29, 0.717) is 23.6 Å². The standard InChI is InChI=1S/C19H22FNOS2/c1-15-6-8-16(9-7-15)12-24-14-19(22)21-10-11-23-13-17-4-2-3-5-18(17)20/h2-9H,10-14H2,1H3,(H,21,22). The molecule has 0 saturated carbocycles. The van der Waals surface area contributed by atoms with Gasteiger partial charge < -0.3 is 5.32 Å². The molecular weight excluding hydrogens is 341 g/mol. The number of aryl methyl sites for hydroxylation is 1. The number of amides is 1. The quantitative estimate of drug-likeness (QED) is 0.669. The lowest BCUT2D eigenvalue weighted by Crippen LogP contribution is -2.27. The molecule has 0 aromatic heterocycles. The SMILES string of the molecule is Cc1ccc(CSCC(=O)NCCSCc2ccccc2F)cc1. The van der Waals surface area contributed by atoms with E-state index in [1.165, 1.54) is 17.2 Å². The van der Waals surface area contributed by atoms with Gasteiger partial charge in [-0.1, -0.05) is 48.0 Å². The zero-order valence-corrected chi connectivity index (χ0v) is 15.4. The van der Waals surface area contributed by atoms with E-state index in [1.54, 1.807) is 35.7 Å². The third-order valence-corrected chi connectivity index (χ3v) is 5.42. The van der Waals surface area contributed by atoms with E-state index >= 15 is 0 Å². The molecule has 0 bridgehead atoms. The van der Waals surface area contributed by atoms with E-state index in [0.717, 1.165) is 11.5 Å². The van der Waals surface area contributed by atoms with Gasteiger partial charge in [-0.15, -0.1) is 11.8 Å². The molecule has 0 heterocycles.